The summed E-state index contributed by atoms with van der Waals surface area (Å²) in [7, 11) is 0. The van der Waals surface area contributed by atoms with Crippen LogP contribution in [-0.4, -0.2) is 29.9 Å². The van der Waals surface area contributed by atoms with Gasteiger partial charge in [-0.05, 0) is 30.4 Å². The fourth-order valence-electron chi connectivity index (χ4n) is 2.24. The number of thiophene rings is 1. The summed E-state index contributed by atoms with van der Waals surface area (Å²) in [5.41, 5.74) is 1.33. The molecule has 0 saturated carbocycles. The van der Waals surface area contributed by atoms with E-state index in [1.165, 1.54) is 10.4 Å². The van der Waals surface area contributed by atoms with E-state index in [-0.39, 0.29) is 11.9 Å². The quantitative estimate of drug-likeness (QED) is 0.894. The third-order valence-electron chi connectivity index (χ3n) is 3.26. The molecule has 0 bridgehead atoms. The molecule has 1 unspecified atom stereocenters. The van der Waals surface area contributed by atoms with Gasteiger partial charge in [0.2, 0.25) is 5.91 Å². The SMILES string of the molecule is CC(C)NCC(=O)N1CCc2sccc2C1C. The minimum atomic E-state index is 0.211. The normalized spacial score (nSPS) is 19.5. The molecule has 0 aliphatic carbocycles. The van der Waals surface area contributed by atoms with Gasteiger partial charge in [-0.25, -0.2) is 0 Å². The van der Waals surface area contributed by atoms with Gasteiger partial charge in [0.15, 0.2) is 0 Å². The maximum Gasteiger partial charge on any atom is 0.237 e. The third-order valence-corrected chi connectivity index (χ3v) is 4.26. The molecule has 0 spiro atoms. The molecule has 0 fully saturated rings. The maximum atomic E-state index is 12.1. The second-order valence-electron chi connectivity index (χ2n) is 4.85. The van der Waals surface area contributed by atoms with Gasteiger partial charge in [-0.1, -0.05) is 13.8 Å². The summed E-state index contributed by atoms with van der Waals surface area (Å²) >= 11 is 1.81. The highest BCUT2D eigenvalue weighted by molar-refractivity contribution is 7.10. The molecule has 2 heterocycles. The van der Waals surface area contributed by atoms with Crippen molar-refractivity contribution >= 4 is 17.2 Å². The van der Waals surface area contributed by atoms with E-state index in [0.717, 1.165) is 13.0 Å². The van der Waals surface area contributed by atoms with Crippen LogP contribution in [0.4, 0.5) is 0 Å². The average Bonchev–Trinajstić information content (AvgIpc) is 2.75. The number of fused-ring (bicyclic) bond motifs is 1. The lowest BCUT2D eigenvalue weighted by Crippen LogP contribution is -2.44. The molecule has 94 valence electrons. The van der Waals surface area contributed by atoms with E-state index >= 15 is 0 Å². The van der Waals surface area contributed by atoms with E-state index in [4.69, 9.17) is 0 Å². The molecule has 1 aromatic heterocycles. The van der Waals surface area contributed by atoms with Crippen LogP contribution in [0.25, 0.3) is 0 Å². The molecule has 1 atom stereocenters. The molecule has 0 saturated heterocycles. The molecular weight excluding hydrogens is 232 g/mol. The number of hydrogen-bond donors (Lipinski definition) is 1. The minimum Gasteiger partial charge on any atom is -0.334 e. The molecule has 1 N–H and O–H groups in total. The lowest BCUT2D eigenvalue weighted by Gasteiger charge is -2.34. The third kappa shape index (κ3) is 2.69. The van der Waals surface area contributed by atoms with Crippen molar-refractivity contribution in [2.75, 3.05) is 13.1 Å². The molecule has 0 radical (unpaired) electrons. The van der Waals surface area contributed by atoms with E-state index in [1.54, 1.807) is 0 Å². The van der Waals surface area contributed by atoms with Crippen molar-refractivity contribution < 1.29 is 4.79 Å². The first-order valence-corrected chi connectivity index (χ1v) is 7.06. The topological polar surface area (TPSA) is 32.3 Å². The fraction of sp³-hybridized carbons (Fsp3) is 0.615. The Bertz CT molecular complexity index is 400. The van der Waals surface area contributed by atoms with Gasteiger partial charge in [0, 0.05) is 17.5 Å². The molecule has 1 aliphatic rings. The van der Waals surface area contributed by atoms with E-state index < -0.39 is 0 Å². The molecule has 4 heteroatoms. The monoisotopic (exact) mass is 252 g/mol. The average molecular weight is 252 g/mol. The van der Waals surface area contributed by atoms with Crippen LogP contribution in [0.5, 0.6) is 0 Å². The van der Waals surface area contributed by atoms with Crippen LogP contribution in [0.2, 0.25) is 0 Å². The van der Waals surface area contributed by atoms with Crippen LogP contribution in [0.15, 0.2) is 11.4 Å². The summed E-state index contributed by atoms with van der Waals surface area (Å²) in [6.07, 6.45) is 1.00. The first kappa shape index (κ1) is 12.6. The van der Waals surface area contributed by atoms with E-state index in [1.807, 2.05) is 16.2 Å². The zero-order valence-corrected chi connectivity index (χ0v) is 11.5. The van der Waals surface area contributed by atoms with Crippen LogP contribution in [0, 0.1) is 0 Å². The zero-order valence-electron chi connectivity index (χ0n) is 10.7. The minimum absolute atomic E-state index is 0.211. The summed E-state index contributed by atoms with van der Waals surface area (Å²) in [6.45, 7) is 7.54. The lowest BCUT2D eigenvalue weighted by atomic mass is 10.0. The second-order valence-corrected chi connectivity index (χ2v) is 5.85. The van der Waals surface area contributed by atoms with Crippen LogP contribution in [0.3, 0.4) is 0 Å². The lowest BCUT2D eigenvalue weighted by molar-refractivity contribution is -0.132. The Balaban J connectivity index is 2.02. The number of carbonyl (C=O) groups excluding carboxylic acids is 1. The molecule has 2 rings (SSSR count). The van der Waals surface area contributed by atoms with Crippen LogP contribution >= 0.6 is 11.3 Å². The van der Waals surface area contributed by atoms with Crippen molar-refractivity contribution in [1.82, 2.24) is 10.2 Å². The zero-order chi connectivity index (χ0) is 12.4. The molecule has 1 amide bonds. The summed E-state index contributed by atoms with van der Waals surface area (Å²) < 4.78 is 0. The first-order valence-electron chi connectivity index (χ1n) is 6.18. The summed E-state index contributed by atoms with van der Waals surface area (Å²) in [5, 5.41) is 5.32. The predicted octanol–water partition coefficient (Wildman–Crippen LogP) is 2.19. The molecule has 1 aliphatic heterocycles. The Morgan fingerprint density at radius 1 is 1.65 bits per heavy atom. The molecule has 1 aromatic rings. The highest BCUT2D eigenvalue weighted by Crippen LogP contribution is 2.32. The first-order chi connectivity index (χ1) is 8.09. The number of amides is 1. The van der Waals surface area contributed by atoms with Gasteiger partial charge in [-0.15, -0.1) is 11.3 Å². The number of nitrogens with one attached hydrogen (secondary N) is 1. The second kappa shape index (κ2) is 5.19. The van der Waals surface area contributed by atoms with Gasteiger partial charge in [0.25, 0.3) is 0 Å². The van der Waals surface area contributed by atoms with Crippen molar-refractivity contribution in [3.63, 3.8) is 0 Å². The molecule has 17 heavy (non-hydrogen) atoms. The Labute approximate surface area is 107 Å². The molecule has 0 aromatic carbocycles. The van der Waals surface area contributed by atoms with Crippen LogP contribution < -0.4 is 5.32 Å². The summed E-state index contributed by atoms with van der Waals surface area (Å²) in [5.74, 6) is 0.211. The Hall–Kier alpha value is -0.870. The Morgan fingerprint density at radius 2 is 2.41 bits per heavy atom. The summed E-state index contributed by atoms with van der Waals surface area (Å²) in [4.78, 5) is 15.5. The van der Waals surface area contributed by atoms with Crippen molar-refractivity contribution in [2.24, 2.45) is 0 Å². The van der Waals surface area contributed by atoms with Crippen molar-refractivity contribution in [2.45, 2.75) is 39.3 Å². The summed E-state index contributed by atoms with van der Waals surface area (Å²) in [6, 6.07) is 2.74. The van der Waals surface area contributed by atoms with E-state index in [2.05, 4.69) is 37.5 Å². The highest BCUT2D eigenvalue weighted by Gasteiger charge is 2.27. The van der Waals surface area contributed by atoms with Crippen molar-refractivity contribution in [3.05, 3.63) is 21.9 Å². The van der Waals surface area contributed by atoms with Crippen molar-refractivity contribution in [1.29, 1.82) is 0 Å². The molecule has 3 nitrogen and oxygen atoms in total. The van der Waals surface area contributed by atoms with Gasteiger partial charge in [-0.2, -0.15) is 0 Å². The number of hydrogen-bond acceptors (Lipinski definition) is 3. The Kier molecular flexibility index (Phi) is 3.84. The van der Waals surface area contributed by atoms with Crippen LogP contribution in [-0.2, 0) is 11.2 Å². The van der Waals surface area contributed by atoms with Gasteiger partial charge in [-0.3, -0.25) is 4.79 Å². The smallest absolute Gasteiger partial charge is 0.237 e. The predicted molar refractivity (Wildman–Crippen MR) is 71.3 cm³/mol. The number of nitrogens with zero attached hydrogens (tertiary/aromatic N) is 1. The maximum absolute atomic E-state index is 12.1. The van der Waals surface area contributed by atoms with Gasteiger partial charge in [0.1, 0.15) is 0 Å². The largest absolute Gasteiger partial charge is 0.334 e. The van der Waals surface area contributed by atoms with Crippen LogP contribution in [0.1, 0.15) is 37.3 Å². The van der Waals surface area contributed by atoms with E-state index in [0.29, 0.717) is 12.6 Å². The van der Waals surface area contributed by atoms with Crippen molar-refractivity contribution in [3.8, 4) is 0 Å². The van der Waals surface area contributed by atoms with Gasteiger partial charge >= 0.3 is 0 Å². The van der Waals surface area contributed by atoms with Gasteiger partial charge in [0.05, 0.1) is 12.6 Å². The standard InChI is InChI=1S/C13H20N2OS/c1-9(2)14-8-13(16)15-6-4-12-11(10(15)3)5-7-17-12/h5,7,9-10,14H,4,6,8H2,1-3H3. The van der Waals surface area contributed by atoms with Gasteiger partial charge < -0.3 is 10.2 Å². The Morgan fingerprint density at radius 3 is 3.12 bits per heavy atom. The highest BCUT2D eigenvalue weighted by atomic mass is 32.1. The molecular formula is C13H20N2OS. The number of rotatable bonds is 3. The van der Waals surface area contributed by atoms with E-state index in [9.17, 15) is 4.79 Å². The number of carbonyl (C=O) groups is 1. The fourth-order valence-corrected chi connectivity index (χ4v) is 3.21.